The molecule has 23 heavy (non-hydrogen) atoms. The van der Waals surface area contributed by atoms with Crippen LogP contribution in [-0.2, 0) is 11.3 Å². The Kier molecular flexibility index (Phi) is 6.13. The molecule has 1 atom stereocenters. The average Bonchev–Trinajstić information content (AvgIpc) is 2.57. The second-order valence-electron chi connectivity index (χ2n) is 4.88. The second kappa shape index (κ2) is 8.09. The molecule has 1 N–H and O–H groups in total. The van der Waals surface area contributed by atoms with Crippen LogP contribution in [0.1, 0.15) is 12.5 Å². The van der Waals surface area contributed by atoms with Crippen molar-refractivity contribution in [2.24, 2.45) is 0 Å². The molecule has 0 fully saturated rings. The van der Waals surface area contributed by atoms with Gasteiger partial charge in [-0.1, -0.05) is 41.4 Å². The summed E-state index contributed by atoms with van der Waals surface area (Å²) in [6.07, 6.45) is -0.691. The molecule has 0 radical (unpaired) electrons. The van der Waals surface area contributed by atoms with Crippen molar-refractivity contribution in [1.29, 1.82) is 0 Å². The summed E-state index contributed by atoms with van der Waals surface area (Å²) in [5.74, 6) is 0.913. The van der Waals surface area contributed by atoms with Crippen molar-refractivity contribution in [1.82, 2.24) is 5.32 Å². The van der Waals surface area contributed by atoms with E-state index in [1.54, 1.807) is 32.2 Å². The lowest BCUT2D eigenvalue weighted by Crippen LogP contribution is -2.35. The molecule has 0 unspecified atom stereocenters. The molecule has 122 valence electrons. The van der Waals surface area contributed by atoms with Gasteiger partial charge in [0.15, 0.2) is 6.10 Å². The van der Waals surface area contributed by atoms with E-state index >= 15 is 0 Å². The first-order chi connectivity index (χ1) is 11.0. The molecule has 6 heteroatoms. The van der Waals surface area contributed by atoms with Gasteiger partial charge in [-0.3, -0.25) is 4.79 Å². The Hall–Kier alpha value is -1.91. The van der Waals surface area contributed by atoms with E-state index in [1.165, 1.54) is 0 Å². The summed E-state index contributed by atoms with van der Waals surface area (Å²) in [5, 5.41) is 3.49. The van der Waals surface area contributed by atoms with Gasteiger partial charge in [0.1, 0.15) is 16.5 Å². The highest BCUT2D eigenvalue weighted by Crippen LogP contribution is 2.32. The van der Waals surface area contributed by atoms with Gasteiger partial charge in [0, 0.05) is 6.54 Å². The lowest BCUT2D eigenvalue weighted by molar-refractivity contribution is -0.127. The smallest absolute Gasteiger partial charge is 0.261 e. The number of amides is 1. The van der Waals surface area contributed by atoms with Gasteiger partial charge in [-0.05, 0) is 36.8 Å². The third-order valence-corrected chi connectivity index (χ3v) is 4.02. The molecular weight excluding hydrogens is 337 g/mol. The largest absolute Gasteiger partial charge is 0.497 e. The van der Waals surface area contributed by atoms with Crippen LogP contribution in [0.15, 0.2) is 42.5 Å². The van der Waals surface area contributed by atoms with Gasteiger partial charge in [-0.15, -0.1) is 0 Å². The molecule has 0 aliphatic rings. The molecule has 2 rings (SSSR count). The van der Waals surface area contributed by atoms with Crippen LogP contribution in [0.25, 0.3) is 0 Å². The van der Waals surface area contributed by atoms with Crippen LogP contribution in [-0.4, -0.2) is 19.1 Å². The van der Waals surface area contributed by atoms with Gasteiger partial charge >= 0.3 is 0 Å². The zero-order valence-electron chi connectivity index (χ0n) is 12.8. The monoisotopic (exact) mass is 353 g/mol. The lowest BCUT2D eigenvalue weighted by Gasteiger charge is -2.16. The minimum atomic E-state index is -0.691. The highest BCUT2D eigenvalue weighted by Gasteiger charge is 2.16. The highest BCUT2D eigenvalue weighted by atomic mass is 35.5. The van der Waals surface area contributed by atoms with E-state index in [2.05, 4.69) is 5.32 Å². The molecule has 0 heterocycles. The third kappa shape index (κ3) is 4.78. The van der Waals surface area contributed by atoms with Crippen molar-refractivity contribution < 1.29 is 14.3 Å². The van der Waals surface area contributed by atoms with Crippen LogP contribution in [0.3, 0.4) is 0 Å². The van der Waals surface area contributed by atoms with E-state index in [1.807, 2.05) is 24.3 Å². The highest BCUT2D eigenvalue weighted by molar-refractivity contribution is 6.42. The maximum absolute atomic E-state index is 12.1. The molecule has 2 aromatic carbocycles. The molecule has 0 saturated heterocycles. The normalized spacial score (nSPS) is 11.7. The van der Waals surface area contributed by atoms with Gasteiger partial charge < -0.3 is 14.8 Å². The number of methoxy groups -OCH3 is 1. The van der Waals surface area contributed by atoms with Crippen LogP contribution < -0.4 is 14.8 Å². The topological polar surface area (TPSA) is 47.6 Å². The first kappa shape index (κ1) is 17.4. The third-order valence-electron chi connectivity index (χ3n) is 3.21. The van der Waals surface area contributed by atoms with Crippen LogP contribution >= 0.6 is 23.2 Å². The van der Waals surface area contributed by atoms with E-state index in [0.717, 1.165) is 11.3 Å². The number of nitrogens with one attached hydrogen (secondary N) is 1. The summed E-state index contributed by atoms with van der Waals surface area (Å²) in [4.78, 5) is 12.1. The summed E-state index contributed by atoms with van der Waals surface area (Å²) in [6, 6.07) is 12.5. The number of hydrogen-bond donors (Lipinski definition) is 1. The second-order valence-corrected chi connectivity index (χ2v) is 5.66. The van der Waals surface area contributed by atoms with Crippen molar-refractivity contribution in [3.05, 3.63) is 58.1 Å². The standard InChI is InChI=1S/C17H17Cl2NO3/c1-11(23-15-5-3-4-14(18)16(15)19)17(21)20-10-12-6-8-13(22-2)9-7-12/h3-9,11H,10H2,1-2H3,(H,20,21)/t11-/m1/s1. The predicted molar refractivity (Wildman–Crippen MR) is 91.4 cm³/mol. The molecule has 0 spiro atoms. The number of benzene rings is 2. The Balaban J connectivity index is 1.90. The van der Waals surface area contributed by atoms with Gasteiger partial charge in [-0.2, -0.15) is 0 Å². The Bertz CT molecular complexity index is 674. The van der Waals surface area contributed by atoms with Gasteiger partial charge in [0.05, 0.1) is 12.1 Å². The van der Waals surface area contributed by atoms with Crippen molar-refractivity contribution in [2.75, 3.05) is 7.11 Å². The SMILES string of the molecule is COc1ccc(CNC(=O)[C@@H](C)Oc2cccc(Cl)c2Cl)cc1. The maximum Gasteiger partial charge on any atom is 0.261 e. The van der Waals surface area contributed by atoms with E-state index < -0.39 is 6.10 Å². The van der Waals surface area contributed by atoms with Crippen LogP contribution in [0, 0.1) is 0 Å². The molecule has 2 aromatic rings. The summed E-state index contributed by atoms with van der Waals surface area (Å²) in [5.41, 5.74) is 0.965. The molecular formula is C17H17Cl2NO3. The van der Waals surface area contributed by atoms with Crippen LogP contribution in [0.5, 0.6) is 11.5 Å². The summed E-state index contributed by atoms with van der Waals surface area (Å²) < 4.78 is 10.7. The number of carbonyl (C=O) groups is 1. The van der Waals surface area contributed by atoms with E-state index in [-0.39, 0.29) is 5.91 Å². The molecule has 0 aliphatic heterocycles. The number of halogens is 2. The number of carbonyl (C=O) groups excluding carboxylic acids is 1. The van der Waals surface area contributed by atoms with E-state index in [0.29, 0.717) is 22.3 Å². The molecule has 4 nitrogen and oxygen atoms in total. The fourth-order valence-electron chi connectivity index (χ4n) is 1.90. The Morgan fingerprint density at radius 3 is 2.52 bits per heavy atom. The summed E-state index contributed by atoms with van der Waals surface area (Å²) in [6.45, 7) is 2.06. The maximum atomic E-state index is 12.1. The average molecular weight is 354 g/mol. The Morgan fingerprint density at radius 2 is 1.87 bits per heavy atom. The Labute approximate surface area is 145 Å². The number of rotatable bonds is 6. The molecule has 0 saturated carbocycles. The van der Waals surface area contributed by atoms with Gasteiger partial charge in [0.25, 0.3) is 5.91 Å². The summed E-state index contributed by atoms with van der Waals surface area (Å²) >= 11 is 12.0. The van der Waals surface area contributed by atoms with Gasteiger partial charge in [-0.25, -0.2) is 0 Å². The lowest BCUT2D eigenvalue weighted by atomic mass is 10.2. The minimum absolute atomic E-state index is 0.239. The minimum Gasteiger partial charge on any atom is -0.497 e. The van der Waals surface area contributed by atoms with Gasteiger partial charge in [0.2, 0.25) is 0 Å². The number of hydrogen-bond acceptors (Lipinski definition) is 3. The zero-order chi connectivity index (χ0) is 16.8. The van der Waals surface area contributed by atoms with E-state index in [4.69, 9.17) is 32.7 Å². The molecule has 1 amide bonds. The van der Waals surface area contributed by atoms with E-state index in [9.17, 15) is 4.79 Å². The number of ether oxygens (including phenoxy) is 2. The predicted octanol–water partition coefficient (Wildman–Crippen LogP) is 4.09. The fourth-order valence-corrected chi connectivity index (χ4v) is 2.23. The van der Waals surface area contributed by atoms with Crippen molar-refractivity contribution in [3.63, 3.8) is 0 Å². The molecule has 0 bridgehead atoms. The van der Waals surface area contributed by atoms with Crippen molar-refractivity contribution >= 4 is 29.1 Å². The fraction of sp³-hybridized carbons (Fsp3) is 0.235. The summed E-state index contributed by atoms with van der Waals surface area (Å²) in [7, 11) is 1.61. The quantitative estimate of drug-likeness (QED) is 0.850. The van der Waals surface area contributed by atoms with Crippen molar-refractivity contribution in [3.8, 4) is 11.5 Å². The Morgan fingerprint density at radius 1 is 1.17 bits per heavy atom. The van der Waals surface area contributed by atoms with Crippen molar-refractivity contribution in [2.45, 2.75) is 19.6 Å². The first-order valence-corrected chi connectivity index (χ1v) is 7.78. The zero-order valence-corrected chi connectivity index (χ0v) is 14.3. The first-order valence-electron chi connectivity index (χ1n) is 7.02. The van der Waals surface area contributed by atoms with Crippen LogP contribution in [0.4, 0.5) is 0 Å². The molecule has 0 aliphatic carbocycles. The van der Waals surface area contributed by atoms with Crippen LogP contribution in [0.2, 0.25) is 10.0 Å². The molecule has 0 aromatic heterocycles.